The molecule has 0 unspecified atom stereocenters. The van der Waals surface area contributed by atoms with Gasteiger partial charge in [-0.2, -0.15) is 0 Å². The number of benzene rings is 1. The number of carboxylic acids is 1. The molecule has 1 N–H and O–H groups in total. The molecule has 1 aromatic rings. The monoisotopic (exact) mass is 280 g/mol. The summed E-state index contributed by atoms with van der Waals surface area (Å²) in [6.07, 6.45) is 0. The van der Waals surface area contributed by atoms with Crippen molar-refractivity contribution in [1.82, 2.24) is 0 Å². The van der Waals surface area contributed by atoms with Crippen molar-refractivity contribution in [1.29, 1.82) is 0 Å². The number of aryl methyl sites for hydroxylation is 1. The molecule has 2 nitrogen and oxygen atoms in total. The molecule has 0 aliphatic heterocycles. The number of carboxylic acid groups (broad SMARTS) is 1. The van der Waals surface area contributed by atoms with Crippen molar-refractivity contribution < 1.29 is 14.3 Å². The molecule has 0 saturated carbocycles. The van der Waals surface area contributed by atoms with Crippen LogP contribution in [-0.2, 0) is 0 Å². The minimum Gasteiger partial charge on any atom is -0.478 e. The number of halogens is 2. The van der Waals surface area contributed by atoms with Gasteiger partial charge in [0, 0.05) is 3.57 Å². The van der Waals surface area contributed by atoms with E-state index in [4.69, 9.17) is 5.11 Å². The molecule has 0 spiro atoms. The predicted molar refractivity (Wildman–Crippen MR) is 50.8 cm³/mol. The van der Waals surface area contributed by atoms with Crippen LogP contribution in [0.1, 0.15) is 15.9 Å². The number of carbonyl (C=O) groups is 1. The molecule has 0 heterocycles. The molecule has 0 saturated heterocycles. The first-order chi connectivity index (χ1) is 5.52. The Morgan fingerprint density at radius 2 is 2.17 bits per heavy atom. The standard InChI is InChI=1S/C8H6FIO2/c1-4-2-5(9)7(8(11)12)6(10)3-4/h2-3H,1H3,(H,11,12). The van der Waals surface area contributed by atoms with E-state index in [1.165, 1.54) is 6.07 Å². The van der Waals surface area contributed by atoms with Crippen LogP contribution < -0.4 is 0 Å². The van der Waals surface area contributed by atoms with Gasteiger partial charge in [-0.3, -0.25) is 0 Å². The Morgan fingerprint density at radius 1 is 1.58 bits per heavy atom. The van der Waals surface area contributed by atoms with E-state index in [0.717, 1.165) is 5.56 Å². The minimum atomic E-state index is -1.23. The van der Waals surface area contributed by atoms with Gasteiger partial charge in [0.1, 0.15) is 11.4 Å². The molecule has 0 atom stereocenters. The van der Waals surface area contributed by atoms with E-state index < -0.39 is 11.8 Å². The number of rotatable bonds is 1. The lowest BCUT2D eigenvalue weighted by molar-refractivity contribution is 0.0690. The van der Waals surface area contributed by atoms with Crippen molar-refractivity contribution in [3.05, 3.63) is 32.6 Å². The molecule has 0 aliphatic carbocycles. The second-order valence-corrected chi connectivity index (χ2v) is 3.57. The minimum absolute atomic E-state index is 0.249. The second kappa shape index (κ2) is 3.38. The topological polar surface area (TPSA) is 37.3 Å². The Kier molecular flexibility index (Phi) is 2.66. The van der Waals surface area contributed by atoms with E-state index in [9.17, 15) is 9.18 Å². The highest BCUT2D eigenvalue weighted by molar-refractivity contribution is 14.1. The van der Waals surface area contributed by atoms with Crippen LogP contribution in [0.4, 0.5) is 4.39 Å². The highest BCUT2D eigenvalue weighted by Gasteiger charge is 2.14. The zero-order valence-corrected chi connectivity index (χ0v) is 8.42. The third-order valence-corrected chi connectivity index (χ3v) is 2.25. The fourth-order valence-corrected chi connectivity index (χ4v) is 1.88. The number of hydrogen-bond acceptors (Lipinski definition) is 1. The van der Waals surface area contributed by atoms with E-state index in [1.807, 2.05) is 0 Å². The molecule has 0 fully saturated rings. The van der Waals surface area contributed by atoms with Crippen LogP contribution in [0.5, 0.6) is 0 Å². The Labute approximate surface area is 82.5 Å². The van der Waals surface area contributed by atoms with E-state index >= 15 is 0 Å². The lowest BCUT2D eigenvalue weighted by atomic mass is 10.1. The molecule has 0 amide bonds. The van der Waals surface area contributed by atoms with Gasteiger partial charge in [-0.05, 0) is 47.2 Å². The number of hydrogen-bond donors (Lipinski definition) is 1. The molecular weight excluding hydrogens is 274 g/mol. The van der Waals surface area contributed by atoms with Gasteiger partial charge in [0.05, 0.1) is 0 Å². The number of aromatic carboxylic acids is 1. The highest BCUT2D eigenvalue weighted by Crippen LogP contribution is 2.18. The SMILES string of the molecule is Cc1cc(F)c(C(=O)O)c(I)c1. The van der Waals surface area contributed by atoms with Crippen molar-refractivity contribution >= 4 is 28.6 Å². The molecule has 0 bridgehead atoms. The molecule has 0 aromatic heterocycles. The first-order valence-corrected chi connectivity index (χ1v) is 4.29. The summed E-state index contributed by atoms with van der Waals surface area (Å²) in [5.74, 6) is -1.90. The van der Waals surface area contributed by atoms with Crippen LogP contribution in [0.3, 0.4) is 0 Å². The molecule has 12 heavy (non-hydrogen) atoms. The maximum absolute atomic E-state index is 13.0. The summed E-state index contributed by atoms with van der Waals surface area (Å²) in [7, 11) is 0. The predicted octanol–water partition coefficient (Wildman–Crippen LogP) is 2.44. The first kappa shape index (κ1) is 9.44. The van der Waals surface area contributed by atoms with E-state index in [1.54, 1.807) is 35.6 Å². The van der Waals surface area contributed by atoms with Gasteiger partial charge in [-0.15, -0.1) is 0 Å². The highest BCUT2D eigenvalue weighted by atomic mass is 127. The van der Waals surface area contributed by atoms with Crippen LogP contribution in [0.25, 0.3) is 0 Å². The van der Waals surface area contributed by atoms with Gasteiger partial charge in [0.2, 0.25) is 0 Å². The fourth-order valence-electron chi connectivity index (χ4n) is 0.904. The summed E-state index contributed by atoms with van der Waals surface area (Å²) in [4.78, 5) is 10.5. The second-order valence-electron chi connectivity index (χ2n) is 2.41. The first-order valence-electron chi connectivity index (χ1n) is 3.21. The van der Waals surface area contributed by atoms with Crippen molar-refractivity contribution in [2.75, 3.05) is 0 Å². The molecular formula is C8H6FIO2. The Morgan fingerprint density at radius 3 is 2.58 bits per heavy atom. The largest absolute Gasteiger partial charge is 0.478 e. The van der Waals surface area contributed by atoms with Crippen LogP contribution >= 0.6 is 22.6 Å². The Balaban J connectivity index is 3.38. The Hall–Kier alpha value is -0.650. The summed E-state index contributed by atoms with van der Waals surface area (Å²) in [5.41, 5.74) is 0.475. The average Bonchev–Trinajstić information content (AvgIpc) is 1.82. The van der Waals surface area contributed by atoms with Crippen molar-refractivity contribution in [3.8, 4) is 0 Å². The van der Waals surface area contributed by atoms with Crippen LogP contribution in [0.2, 0.25) is 0 Å². The molecule has 0 aliphatic rings. The van der Waals surface area contributed by atoms with Crippen LogP contribution in [-0.4, -0.2) is 11.1 Å². The van der Waals surface area contributed by atoms with Gasteiger partial charge < -0.3 is 5.11 Å². The summed E-state index contributed by atoms with van der Waals surface area (Å²) < 4.78 is 13.4. The zero-order chi connectivity index (χ0) is 9.30. The van der Waals surface area contributed by atoms with E-state index in [-0.39, 0.29) is 5.56 Å². The van der Waals surface area contributed by atoms with E-state index in [0.29, 0.717) is 3.57 Å². The van der Waals surface area contributed by atoms with E-state index in [2.05, 4.69) is 0 Å². The third-order valence-electron chi connectivity index (χ3n) is 1.40. The average molecular weight is 280 g/mol. The summed E-state index contributed by atoms with van der Waals surface area (Å²) in [6, 6.07) is 2.85. The smallest absolute Gasteiger partial charge is 0.339 e. The third kappa shape index (κ3) is 1.74. The van der Waals surface area contributed by atoms with Crippen LogP contribution in [0.15, 0.2) is 12.1 Å². The molecule has 0 radical (unpaired) electrons. The lowest BCUT2D eigenvalue weighted by Crippen LogP contribution is -2.03. The van der Waals surface area contributed by atoms with Crippen molar-refractivity contribution in [2.24, 2.45) is 0 Å². The maximum Gasteiger partial charge on any atom is 0.339 e. The van der Waals surface area contributed by atoms with Gasteiger partial charge in [-0.1, -0.05) is 0 Å². The molecule has 64 valence electrons. The van der Waals surface area contributed by atoms with Gasteiger partial charge in [0.25, 0.3) is 0 Å². The summed E-state index contributed by atoms with van der Waals surface area (Å²) in [5, 5.41) is 8.59. The zero-order valence-electron chi connectivity index (χ0n) is 6.27. The molecule has 4 heteroatoms. The van der Waals surface area contributed by atoms with Gasteiger partial charge >= 0.3 is 5.97 Å². The van der Waals surface area contributed by atoms with Gasteiger partial charge in [0.15, 0.2) is 0 Å². The normalized spacial score (nSPS) is 9.92. The van der Waals surface area contributed by atoms with Gasteiger partial charge in [-0.25, -0.2) is 9.18 Å². The van der Waals surface area contributed by atoms with Crippen LogP contribution in [0, 0.1) is 16.3 Å². The Bertz CT molecular complexity index is 313. The lowest BCUT2D eigenvalue weighted by Gasteiger charge is -2.01. The quantitative estimate of drug-likeness (QED) is 0.802. The fraction of sp³-hybridized carbons (Fsp3) is 0.125. The van der Waals surface area contributed by atoms with Crippen molar-refractivity contribution in [2.45, 2.75) is 6.92 Å². The van der Waals surface area contributed by atoms with Crippen molar-refractivity contribution in [3.63, 3.8) is 0 Å². The molecule has 1 rings (SSSR count). The maximum atomic E-state index is 13.0. The summed E-state index contributed by atoms with van der Waals surface area (Å²) >= 11 is 1.81. The molecule has 1 aromatic carbocycles. The summed E-state index contributed by atoms with van der Waals surface area (Å²) in [6.45, 7) is 1.72.